The van der Waals surface area contributed by atoms with E-state index in [4.69, 9.17) is 0 Å². The molecule has 2 atom stereocenters. The van der Waals surface area contributed by atoms with Crippen LogP contribution in [-0.2, 0) is 4.79 Å². The maximum absolute atomic E-state index is 10.5. The Hall–Kier alpha value is -0.450. The number of β-amino-alcohol motifs (C(OH)–C–C–N with tert-alkyl or cyclic N) is 1. The highest BCUT2D eigenvalue weighted by atomic mass is 16.3. The highest BCUT2D eigenvalue weighted by Crippen LogP contribution is 2.20. The van der Waals surface area contributed by atoms with Gasteiger partial charge in [-0.1, -0.05) is 0 Å². The van der Waals surface area contributed by atoms with Gasteiger partial charge < -0.3 is 9.90 Å². The van der Waals surface area contributed by atoms with E-state index >= 15 is 0 Å². The van der Waals surface area contributed by atoms with E-state index in [9.17, 15) is 9.90 Å². The molecule has 0 saturated carbocycles. The lowest BCUT2D eigenvalue weighted by Crippen LogP contribution is -2.49. The number of carbonyl (C=O) groups is 1. The van der Waals surface area contributed by atoms with Crippen LogP contribution in [0.15, 0.2) is 0 Å². The summed E-state index contributed by atoms with van der Waals surface area (Å²) in [6.45, 7) is 3.49. The first-order valence-electron chi connectivity index (χ1n) is 4.44. The average Bonchev–Trinajstić information content (AvgIpc) is 2.27. The Balaban J connectivity index is 1.90. The van der Waals surface area contributed by atoms with Gasteiger partial charge in [-0.3, -0.25) is 0 Å². The fourth-order valence-corrected chi connectivity index (χ4v) is 1.74. The van der Waals surface area contributed by atoms with Crippen LogP contribution in [0.5, 0.6) is 0 Å². The normalized spacial score (nSPS) is 38.1. The molecule has 0 aromatic rings. The van der Waals surface area contributed by atoms with Gasteiger partial charge in [0.05, 0.1) is 12.0 Å². The van der Waals surface area contributed by atoms with Gasteiger partial charge in [-0.2, -0.15) is 0 Å². The van der Waals surface area contributed by atoms with E-state index < -0.39 is 6.10 Å². The van der Waals surface area contributed by atoms with Crippen molar-refractivity contribution in [2.24, 2.45) is 5.92 Å². The summed E-state index contributed by atoms with van der Waals surface area (Å²) in [5.74, 6) is -0.175. The van der Waals surface area contributed by atoms with Crippen molar-refractivity contribution >= 4 is 6.29 Å². The molecule has 4 nitrogen and oxygen atoms in total. The van der Waals surface area contributed by atoms with Gasteiger partial charge in [-0.15, -0.1) is 0 Å². The SMILES string of the molecule is O=C[C@H]1CN(N2CCC2)C[C@@H]1O. The molecular formula is C8H14N2O2. The van der Waals surface area contributed by atoms with Crippen LogP contribution in [-0.4, -0.2) is 53.7 Å². The van der Waals surface area contributed by atoms with Crippen molar-refractivity contribution in [3.8, 4) is 0 Å². The molecule has 2 fully saturated rings. The minimum atomic E-state index is -0.455. The van der Waals surface area contributed by atoms with Crippen molar-refractivity contribution < 1.29 is 9.90 Å². The molecular weight excluding hydrogens is 156 g/mol. The molecule has 2 aliphatic rings. The second kappa shape index (κ2) is 3.12. The Morgan fingerprint density at radius 3 is 2.42 bits per heavy atom. The summed E-state index contributed by atoms with van der Waals surface area (Å²) < 4.78 is 0. The van der Waals surface area contributed by atoms with Crippen LogP contribution in [0.1, 0.15) is 6.42 Å². The first kappa shape index (κ1) is 8.16. The molecule has 0 amide bonds. The predicted octanol–water partition coefficient (Wildman–Crippen LogP) is -0.901. The van der Waals surface area contributed by atoms with Gasteiger partial charge in [0, 0.05) is 26.2 Å². The molecule has 0 unspecified atom stereocenters. The van der Waals surface area contributed by atoms with E-state index in [1.807, 2.05) is 0 Å². The maximum Gasteiger partial charge on any atom is 0.127 e. The summed E-state index contributed by atoms with van der Waals surface area (Å²) in [6, 6.07) is 0. The van der Waals surface area contributed by atoms with Crippen LogP contribution in [0.3, 0.4) is 0 Å². The fourth-order valence-electron chi connectivity index (χ4n) is 1.74. The van der Waals surface area contributed by atoms with Crippen molar-refractivity contribution in [1.29, 1.82) is 0 Å². The van der Waals surface area contributed by atoms with E-state index in [-0.39, 0.29) is 5.92 Å². The Kier molecular flexibility index (Phi) is 2.12. The van der Waals surface area contributed by atoms with Crippen molar-refractivity contribution in [3.63, 3.8) is 0 Å². The zero-order valence-electron chi connectivity index (χ0n) is 7.02. The molecule has 0 radical (unpaired) electrons. The molecule has 2 rings (SSSR count). The van der Waals surface area contributed by atoms with Gasteiger partial charge in [-0.25, -0.2) is 10.0 Å². The van der Waals surface area contributed by atoms with E-state index in [1.54, 1.807) is 0 Å². The summed E-state index contributed by atoms with van der Waals surface area (Å²) in [4.78, 5) is 10.5. The second-order valence-corrected chi connectivity index (χ2v) is 3.55. The van der Waals surface area contributed by atoms with E-state index in [0.717, 1.165) is 19.4 Å². The van der Waals surface area contributed by atoms with Crippen LogP contribution >= 0.6 is 0 Å². The number of rotatable bonds is 2. The number of aliphatic hydroxyl groups excluding tert-OH is 1. The third kappa shape index (κ3) is 1.26. The quantitative estimate of drug-likeness (QED) is 0.545. The molecule has 12 heavy (non-hydrogen) atoms. The maximum atomic E-state index is 10.5. The van der Waals surface area contributed by atoms with Gasteiger partial charge in [0.1, 0.15) is 6.29 Å². The Morgan fingerprint density at radius 2 is 2.00 bits per heavy atom. The van der Waals surface area contributed by atoms with E-state index in [2.05, 4.69) is 10.0 Å². The fraction of sp³-hybridized carbons (Fsp3) is 0.875. The summed E-state index contributed by atoms with van der Waals surface area (Å²) in [5.41, 5.74) is 0. The topological polar surface area (TPSA) is 43.8 Å². The average molecular weight is 170 g/mol. The lowest BCUT2D eigenvalue weighted by Gasteiger charge is -2.38. The number of aldehydes is 1. The number of carbonyl (C=O) groups excluding carboxylic acids is 1. The molecule has 2 aliphatic heterocycles. The smallest absolute Gasteiger partial charge is 0.127 e. The second-order valence-electron chi connectivity index (χ2n) is 3.55. The zero-order valence-corrected chi connectivity index (χ0v) is 7.02. The summed E-state index contributed by atoms with van der Waals surface area (Å²) in [6.07, 6.45) is 1.64. The molecule has 0 spiro atoms. The summed E-state index contributed by atoms with van der Waals surface area (Å²) in [7, 11) is 0. The number of hydrogen-bond acceptors (Lipinski definition) is 4. The van der Waals surface area contributed by atoms with Gasteiger partial charge in [0.2, 0.25) is 0 Å². The number of nitrogens with zero attached hydrogens (tertiary/aromatic N) is 2. The number of aliphatic hydroxyl groups is 1. The largest absolute Gasteiger partial charge is 0.391 e. The Morgan fingerprint density at radius 1 is 1.25 bits per heavy atom. The third-order valence-corrected chi connectivity index (χ3v) is 2.72. The molecule has 0 aliphatic carbocycles. The molecule has 2 saturated heterocycles. The van der Waals surface area contributed by atoms with Gasteiger partial charge in [0.25, 0.3) is 0 Å². The van der Waals surface area contributed by atoms with Gasteiger partial charge in [-0.05, 0) is 6.42 Å². The zero-order chi connectivity index (χ0) is 8.55. The summed E-state index contributed by atoms with van der Waals surface area (Å²) >= 11 is 0. The molecule has 68 valence electrons. The molecule has 1 N–H and O–H groups in total. The monoisotopic (exact) mass is 170 g/mol. The van der Waals surface area contributed by atoms with E-state index in [1.165, 1.54) is 6.42 Å². The lowest BCUT2D eigenvalue weighted by atomic mass is 10.1. The first-order chi connectivity index (χ1) is 5.81. The first-order valence-corrected chi connectivity index (χ1v) is 4.44. The number of hydrazine groups is 1. The van der Waals surface area contributed by atoms with Crippen LogP contribution < -0.4 is 0 Å². The molecule has 0 bridgehead atoms. The molecule has 0 aromatic heterocycles. The van der Waals surface area contributed by atoms with E-state index in [0.29, 0.717) is 13.1 Å². The van der Waals surface area contributed by atoms with Crippen molar-refractivity contribution in [3.05, 3.63) is 0 Å². The Bertz CT molecular complexity index is 182. The van der Waals surface area contributed by atoms with Gasteiger partial charge in [0.15, 0.2) is 0 Å². The lowest BCUT2D eigenvalue weighted by molar-refractivity contribution is -0.113. The van der Waals surface area contributed by atoms with Crippen molar-refractivity contribution in [2.45, 2.75) is 12.5 Å². The predicted molar refractivity (Wildman–Crippen MR) is 43.3 cm³/mol. The Labute approximate surface area is 71.7 Å². The highest BCUT2D eigenvalue weighted by molar-refractivity contribution is 5.55. The van der Waals surface area contributed by atoms with Gasteiger partial charge >= 0.3 is 0 Å². The van der Waals surface area contributed by atoms with Crippen LogP contribution in [0, 0.1) is 5.92 Å². The molecule has 0 aromatic carbocycles. The van der Waals surface area contributed by atoms with Crippen LogP contribution in [0.4, 0.5) is 0 Å². The summed E-state index contributed by atoms with van der Waals surface area (Å²) in [5, 5.41) is 13.7. The minimum absolute atomic E-state index is 0.175. The standard InChI is InChI=1S/C8H14N2O2/c11-6-7-4-10(5-8(7)12)9-2-1-3-9/h6-8,12H,1-5H2/t7-,8+/m1/s1. The number of hydrogen-bond donors (Lipinski definition) is 1. The van der Waals surface area contributed by atoms with Crippen molar-refractivity contribution in [1.82, 2.24) is 10.0 Å². The van der Waals surface area contributed by atoms with Crippen LogP contribution in [0.2, 0.25) is 0 Å². The van der Waals surface area contributed by atoms with Crippen LogP contribution in [0.25, 0.3) is 0 Å². The highest BCUT2D eigenvalue weighted by Gasteiger charge is 2.35. The molecule has 4 heteroatoms. The minimum Gasteiger partial charge on any atom is -0.391 e. The van der Waals surface area contributed by atoms with Crippen molar-refractivity contribution in [2.75, 3.05) is 26.2 Å². The third-order valence-electron chi connectivity index (χ3n) is 2.72. The molecule has 2 heterocycles.